The summed E-state index contributed by atoms with van der Waals surface area (Å²) in [6.45, 7) is 4.88. The van der Waals surface area contributed by atoms with Crippen LogP contribution in [0.1, 0.15) is 37.9 Å². The molecule has 2 aromatic heterocycles. The number of halogens is 1. The molecule has 0 amide bonds. The van der Waals surface area contributed by atoms with Crippen molar-refractivity contribution >= 4 is 17.5 Å². The van der Waals surface area contributed by atoms with Crippen LogP contribution in [0.2, 0.25) is 0 Å². The van der Waals surface area contributed by atoms with Gasteiger partial charge in [0.25, 0.3) is 0 Å². The first kappa shape index (κ1) is 22.5. The van der Waals surface area contributed by atoms with E-state index in [1.165, 1.54) is 45.0 Å². The van der Waals surface area contributed by atoms with Crippen LogP contribution in [0.4, 0.5) is 21.8 Å². The molecule has 0 radical (unpaired) electrons. The van der Waals surface area contributed by atoms with Gasteiger partial charge in [0, 0.05) is 18.3 Å². The Bertz CT molecular complexity index is 1140. The topological polar surface area (TPSA) is 106 Å². The van der Waals surface area contributed by atoms with Gasteiger partial charge in [-0.25, -0.2) is 9.37 Å². The van der Waals surface area contributed by atoms with Crippen LogP contribution in [-0.4, -0.2) is 67.9 Å². The summed E-state index contributed by atoms with van der Waals surface area (Å²) in [5.41, 5.74) is 1.37. The van der Waals surface area contributed by atoms with Gasteiger partial charge in [-0.15, -0.1) is 5.10 Å². The molecular formula is C23H30FN9O. The number of piperidine rings is 2. The molecule has 0 unspecified atom stereocenters. The van der Waals surface area contributed by atoms with Gasteiger partial charge in [-0.2, -0.15) is 9.67 Å². The summed E-state index contributed by atoms with van der Waals surface area (Å²) in [7, 11) is 1.59. The van der Waals surface area contributed by atoms with Crippen LogP contribution in [0, 0.1) is 18.7 Å². The number of benzene rings is 1. The second-order valence-corrected chi connectivity index (χ2v) is 8.92. The molecule has 0 spiro atoms. The Kier molecular flexibility index (Phi) is 6.52. The molecule has 2 aliphatic rings. The van der Waals surface area contributed by atoms with Crippen molar-refractivity contribution in [1.29, 1.82) is 0 Å². The maximum Gasteiger partial charge on any atom is 0.229 e. The van der Waals surface area contributed by atoms with Gasteiger partial charge < -0.3 is 20.3 Å². The van der Waals surface area contributed by atoms with Crippen LogP contribution in [0.25, 0.3) is 5.69 Å². The van der Waals surface area contributed by atoms with E-state index in [0.29, 0.717) is 47.4 Å². The molecule has 1 aromatic carbocycles. The second-order valence-electron chi connectivity index (χ2n) is 8.92. The van der Waals surface area contributed by atoms with E-state index in [2.05, 4.69) is 41.0 Å². The predicted molar refractivity (Wildman–Crippen MR) is 126 cm³/mol. The van der Waals surface area contributed by atoms with Gasteiger partial charge in [-0.05, 0) is 80.2 Å². The summed E-state index contributed by atoms with van der Waals surface area (Å²) < 4.78 is 21.6. The minimum Gasteiger partial charge on any atom is -0.494 e. The van der Waals surface area contributed by atoms with E-state index in [-0.39, 0.29) is 5.82 Å². The highest BCUT2D eigenvalue weighted by atomic mass is 19.1. The third-order valence-corrected chi connectivity index (χ3v) is 6.79. The molecular weight excluding hydrogens is 437 g/mol. The molecule has 0 aliphatic carbocycles. The fourth-order valence-electron chi connectivity index (χ4n) is 5.11. The van der Waals surface area contributed by atoms with Crippen LogP contribution in [0.3, 0.4) is 0 Å². The van der Waals surface area contributed by atoms with E-state index in [4.69, 9.17) is 4.74 Å². The third-order valence-electron chi connectivity index (χ3n) is 6.79. The molecule has 2 fully saturated rings. The number of nitrogens with one attached hydrogen (secondary N) is 2. The van der Waals surface area contributed by atoms with Crippen molar-refractivity contribution in [3.8, 4) is 11.4 Å². The number of rotatable bonds is 7. The minimum absolute atomic E-state index is 0.218. The molecule has 0 bridgehead atoms. The molecule has 3 aromatic rings. The summed E-state index contributed by atoms with van der Waals surface area (Å²) in [6, 6.07) is 6.06. The SMILES string of the molecule is COc1ccc(Nc2ncc(F)c(NC[C@@H]3CCCN4CCCC[C@H]34)n2)cc1-n1nnnc1C. The van der Waals surface area contributed by atoms with Gasteiger partial charge in [0.15, 0.2) is 17.5 Å². The molecule has 2 saturated heterocycles. The highest BCUT2D eigenvalue weighted by Gasteiger charge is 2.32. The monoisotopic (exact) mass is 467 g/mol. The highest BCUT2D eigenvalue weighted by Crippen LogP contribution is 2.31. The number of aromatic nitrogens is 6. The summed E-state index contributed by atoms with van der Waals surface area (Å²) in [4.78, 5) is 11.1. The van der Waals surface area contributed by atoms with Gasteiger partial charge in [0.1, 0.15) is 11.4 Å². The van der Waals surface area contributed by atoms with E-state index in [1.807, 2.05) is 12.1 Å². The molecule has 10 nitrogen and oxygen atoms in total. The van der Waals surface area contributed by atoms with Gasteiger partial charge in [0.2, 0.25) is 5.95 Å². The zero-order valence-corrected chi connectivity index (χ0v) is 19.5. The standard InChI is InChI=1S/C23H30FN9O/c1-15-29-30-31-33(15)20-12-17(8-9-21(20)34-2)27-23-26-14-18(24)22(28-23)25-13-16-6-5-11-32-10-4-3-7-19(16)32/h8-9,12,14,16,19H,3-7,10-11,13H2,1-2H3,(H2,25,26,27,28)/t16-,19+/m0/s1. The number of tetrazole rings is 1. The second kappa shape index (κ2) is 9.88. The molecule has 180 valence electrons. The Morgan fingerprint density at radius 3 is 2.88 bits per heavy atom. The van der Waals surface area contributed by atoms with Crippen molar-refractivity contribution in [1.82, 2.24) is 35.1 Å². The zero-order valence-electron chi connectivity index (χ0n) is 19.5. The van der Waals surface area contributed by atoms with E-state index in [9.17, 15) is 4.39 Å². The first-order chi connectivity index (χ1) is 16.6. The summed E-state index contributed by atoms with van der Waals surface area (Å²) in [6.07, 6.45) is 7.35. The first-order valence-corrected chi connectivity index (χ1v) is 11.8. The molecule has 2 N–H and O–H groups in total. The van der Waals surface area contributed by atoms with E-state index < -0.39 is 5.82 Å². The molecule has 0 saturated carbocycles. The Morgan fingerprint density at radius 2 is 2.06 bits per heavy atom. The van der Waals surface area contributed by atoms with Crippen molar-refractivity contribution < 1.29 is 9.13 Å². The lowest BCUT2D eigenvalue weighted by molar-refractivity contribution is 0.0648. The lowest BCUT2D eigenvalue weighted by Gasteiger charge is -2.44. The fourth-order valence-corrected chi connectivity index (χ4v) is 5.11. The molecule has 11 heteroatoms. The normalized spacial score (nSPS) is 20.6. The first-order valence-electron chi connectivity index (χ1n) is 11.8. The van der Waals surface area contributed by atoms with Crippen LogP contribution in [-0.2, 0) is 0 Å². The van der Waals surface area contributed by atoms with Gasteiger partial charge >= 0.3 is 0 Å². The maximum atomic E-state index is 14.5. The lowest BCUT2D eigenvalue weighted by Crippen LogP contribution is -2.49. The van der Waals surface area contributed by atoms with E-state index in [1.54, 1.807) is 24.8 Å². The Hall–Kier alpha value is -3.34. The molecule has 5 rings (SSSR count). The average Bonchev–Trinajstić information content (AvgIpc) is 3.30. The van der Waals surface area contributed by atoms with Crippen molar-refractivity contribution in [2.45, 2.75) is 45.1 Å². The number of fused-ring (bicyclic) bond motifs is 1. The van der Waals surface area contributed by atoms with Crippen LogP contribution in [0.15, 0.2) is 24.4 Å². The summed E-state index contributed by atoms with van der Waals surface area (Å²) >= 11 is 0. The number of anilines is 3. The molecule has 2 atom stereocenters. The van der Waals surface area contributed by atoms with Crippen molar-refractivity contribution in [3.63, 3.8) is 0 Å². The van der Waals surface area contributed by atoms with Crippen LogP contribution >= 0.6 is 0 Å². The molecule has 4 heterocycles. The fraction of sp³-hybridized carbons (Fsp3) is 0.522. The third kappa shape index (κ3) is 4.65. The van der Waals surface area contributed by atoms with Crippen LogP contribution < -0.4 is 15.4 Å². The Labute approximate surface area is 197 Å². The number of hydrogen-bond acceptors (Lipinski definition) is 9. The van der Waals surface area contributed by atoms with Gasteiger partial charge in [-0.1, -0.05) is 6.42 Å². The smallest absolute Gasteiger partial charge is 0.229 e. The Balaban J connectivity index is 1.31. The van der Waals surface area contributed by atoms with E-state index in [0.717, 1.165) is 6.42 Å². The lowest BCUT2D eigenvalue weighted by atomic mass is 9.83. The largest absolute Gasteiger partial charge is 0.494 e. The van der Waals surface area contributed by atoms with Crippen molar-refractivity contribution in [2.24, 2.45) is 5.92 Å². The predicted octanol–water partition coefficient (Wildman–Crippen LogP) is 3.33. The molecule has 2 aliphatic heterocycles. The molecule has 34 heavy (non-hydrogen) atoms. The summed E-state index contributed by atoms with van der Waals surface area (Å²) in [5, 5.41) is 18.1. The summed E-state index contributed by atoms with van der Waals surface area (Å²) in [5.74, 6) is 1.81. The highest BCUT2D eigenvalue weighted by molar-refractivity contribution is 5.62. The zero-order chi connectivity index (χ0) is 23.5. The maximum absolute atomic E-state index is 14.5. The minimum atomic E-state index is -0.457. The van der Waals surface area contributed by atoms with Crippen LogP contribution in [0.5, 0.6) is 5.75 Å². The number of hydrogen-bond donors (Lipinski definition) is 2. The van der Waals surface area contributed by atoms with Crippen molar-refractivity contribution in [3.05, 3.63) is 36.0 Å². The average molecular weight is 468 g/mol. The number of ether oxygens (including phenoxy) is 1. The van der Waals surface area contributed by atoms with Gasteiger partial charge in [0.05, 0.1) is 13.3 Å². The number of nitrogens with zero attached hydrogens (tertiary/aromatic N) is 7. The van der Waals surface area contributed by atoms with Gasteiger partial charge in [-0.3, -0.25) is 0 Å². The van der Waals surface area contributed by atoms with Crippen molar-refractivity contribution in [2.75, 3.05) is 37.4 Å². The van der Waals surface area contributed by atoms with E-state index >= 15 is 0 Å². The number of methoxy groups -OCH3 is 1. The quantitative estimate of drug-likeness (QED) is 0.541. The number of aryl methyl sites for hydroxylation is 1. The Morgan fingerprint density at radius 1 is 1.18 bits per heavy atom.